The lowest BCUT2D eigenvalue weighted by atomic mass is 10.2. The van der Waals surface area contributed by atoms with Crippen LogP contribution in [0.2, 0.25) is 5.02 Å². The number of benzene rings is 1. The van der Waals surface area contributed by atoms with E-state index >= 15 is 0 Å². The Bertz CT molecular complexity index is 436. The van der Waals surface area contributed by atoms with Crippen molar-refractivity contribution < 1.29 is 19.1 Å². The molecule has 92 valence electrons. The van der Waals surface area contributed by atoms with Crippen molar-refractivity contribution in [2.24, 2.45) is 0 Å². The van der Waals surface area contributed by atoms with Crippen LogP contribution < -0.4 is 15.0 Å². The number of hydrogen-bond acceptors (Lipinski definition) is 4. The summed E-state index contributed by atoms with van der Waals surface area (Å²) in [6.45, 7) is 3.07. The number of nitrogens with one attached hydrogen (secondary N) is 1. The predicted molar refractivity (Wildman–Crippen MR) is 61.5 cm³/mol. The zero-order valence-corrected chi connectivity index (χ0v) is 10.0. The molecule has 1 aliphatic rings. The summed E-state index contributed by atoms with van der Waals surface area (Å²) in [6, 6.07) is 3.10. The van der Waals surface area contributed by atoms with E-state index < -0.39 is 0 Å². The minimum Gasteiger partial charge on any atom is -0.486 e. The van der Waals surface area contributed by atoms with Gasteiger partial charge in [-0.1, -0.05) is 11.6 Å². The number of halogens is 1. The van der Waals surface area contributed by atoms with E-state index in [4.69, 9.17) is 25.9 Å². The maximum atomic E-state index is 11.7. The quantitative estimate of drug-likeness (QED) is 0.839. The Balaban J connectivity index is 2.24. The molecule has 0 fully saturated rings. The number of carbonyl (C=O) groups is 1. The van der Waals surface area contributed by atoms with Crippen LogP contribution in [0.1, 0.15) is 17.3 Å². The molecule has 0 saturated carbocycles. The van der Waals surface area contributed by atoms with E-state index in [2.05, 4.69) is 5.48 Å². The van der Waals surface area contributed by atoms with Crippen molar-refractivity contribution in [3.05, 3.63) is 22.7 Å². The van der Waals surface area contributed by atoms with Crippen molar-refractivity contribution in [2.45, 2.75) is 6.92 Å². The van der Waals surface area contributed by atoms with Crippen LogP contribution in [-0.2, 0) is 4.84 Å². The van der Waals surface area contributed by atoms with Crippen LogP contribution in [0.25, 0.3) is 0 Å². The second-order valence-corrected chi connectivity index (χ2v) is 3.75. The SMILES string of the molecule is CCONC(=O)c1cc(Cl)c2c(c1)OCCO2. The molecule has 0 aliphatic carbocycles. The maximum Gasteiger partial charge on any atom is 0.275 e. The number of carbonyl (C=O) groups excluding carboxylic acids is 1. The van der Waals surface area contributed by atoms with E-state index in [0.717, 1.165) is 0 Å². The summed E-state index contributed by atoms with van der Waals surface area (Å²) >= 11 is 6.00. The summed E-state index contributed by atoms with van der Waals surface area (Å²) in [7, 11) is 0. The average Bonchev–Trinajstić information content (AvgIpc) is 2.36. The standard InChI is InChI=1S/C11H12ClNO4/c1-2-17-13-11(14)7-5-8(12)10-9(6-7)15-3-4-16-10/h5-6H,2-4H2,1H3,(H,13,14). The molecule has 0 radical (unpaired) electrons. The van der Waals surface area contributed by atoms with Crippen molar-refractivity contribution in [3.63, 3.8) is 0 Å². The van der Waals surface area contributed by atoms with Crippen LogP contribution in [0.3, 0.4) is 0 Å². The summed E-state index contributed by atoms with van der Waals surface area (Å²) in [6.07, 6.45) is 0. The van der Waals surface area contributed by atoms with Crippen LogP contribution >= 0.6 is 11.6 Å². The average molecular weight is 258 g/mol. The predicted octanol–water partition coefficient (Wildman–Crippen LogP) is 1.79. The van der Waals surface area contributed by atoms with Crippen LogP contribution in [0.15, 0.2) is 12.1 Å². The summed E-state index contributed by atoms with van der Waals surface area (Å²) < 4.78 is 10.7. The Morgan fingerprint density at radius 3 is 3.00 bits per heavy atom. The van der Waals surface area contributed by atoms with Gasteiger partial charge < -0.3 is 9.47 Å². The molecule has 1 aliphatic heterocycles. The third-order valence-corrected chi connectivity index (χ3v) is 2.45. The van der Waals surface area contributed by atoms with Crippen LogP contribution in [0.4, 0.5) is 0 Å². The Labute approximate surface area is 104 Å². The summed E-state index contributed by atoms with van der Waals surface area (Å²) in [5.74, 6) is 0.585. The zero-order valence-electron chi connectivity index (χ0n) is 9.29. The molecule has 5 nitrogen and oxygen atoms in total. The molecule has 1 aromatic rings. The lowest BCUT2D eigenvalue weighted by Gasteiger charge is -2.20. The molecule has 6 heteroatoms. The summed E-state index contributed by atoms with van der Waals surface area (Å²) in [4.78, 5) is 16.5. The smallest absolute Gasteiger partial charge is 0.275 e. The zero-order chi connectivity index (χ0) is 12.3. The molecule has 0 unspecified atom stereocenters. The Hall–Kier alpha value is -1.46. The van der Waals surface area contributed by atoms with E-state index in [1.54, 1.807) is 13.0 Å². The first kappa shape index (κ1) is 12.0. The van der Waals surface area contributed by atoms with E-state index in [1.165, 1.54) is 6.07 Å². The Morgan fingerprint density at radius 2 is 2.24 bits per heavy atom. The highest BCUT2D eigenvalue weighted by Crippen LogP contribution is 2.38. The van der Waals surface area contributed by atoms with Crippen LogP contribution in [0.5, 0.6) is 11.5 Å². The Morgan fingerprint density at radius 1 is 1.47 bits per heavy atom. The van der Waals surface area contributed by atoms with Gasteiger partial charge in [0.2, 0.25) is 0 Å². The first-order chi connectivity index (χ1) is 8.22. The van der Waals surface area contributed by atoms with Crippen molar-refractivity contribution in [2.75, 3.05) is 19.8 Å². The van der Waals surface area contributed by atoms with Gasteiger partial charge in [0, 0.05) is 5.56 Å². The number of ether oxygens (including phenoxy) is 2. The number of fused-ring (bicyclic) bond motifs is 1. The largest absolute Gasteiger partial charge is 0.486 e. The molecule has 1 aromatic carbocycles. The van der Waals surface area contributed by atoms with Gasteiger partial charge in [0.15, 0.2) is 11.5 Å². The van der Waals surface area contributed by atoms with Gasteiger partial charge in [-0.25, -0.2) is 5.48 Å². The lowest BCUT2D eigenvalue weighted by Crippen LogP contribution is -2.24. The summed E-state index contributed by atoms with van der Waals surface area (Å²) in [5.41, 5.74) is 2.66. The van der Waals surface area contributed by atoms with Gasteiger partial charge in [0.05, 0.1) is 11.6 Å². The molecular formula is C11H12ClNO4. The van der Waals surface area contributed by atoms with Crippen molar-refractivity contribution >= 4 is 17.5 Å². The molecule has 1 amide bonds. The normalized spacial score (nSPS) is 13.3. The van der Waals surface area contributed by atoms with E-state index in [0.29, 0.717) is 41.9 Å². The molecule has 0 atom stereocenters. The van der Waals surface area contributed by atoms with Crippen LogP contribution in [0, 0.1) is 0 Å². The van der Waals surface area contributed by atoms with Gasteiger partial charge in [0.1, 0.15) is 13.2 Å². The van der Waals surface area contributed by atoms with Gasteiger partial charge in [0.25, 0.3) is 5.91 Å². The monoisotopic (exact) mass is 257 g/mol. The van der Waals surface area contributed by atoms with Crippen molar-refractivity contribution in [3.8, 4) is 11.5 Å². The molecule has 0 saturated heterocycles. The highest BCUT2D eigenvalue weighted by molar-refractivity contribution is 6.32. The second kappa shape index (κ2) is 5.25. The number of rotatable bonds is 3. The molecule has 0 aromatic heterocycles. The van der Waals surface area contributed by atoms with Crippen molar-refractivity contribution in [1.29, 1.82) is 0 Å². The fourth-order valence-electron chi connectivity index (χ4n) is 1.44. The van der Waals surface area contributed by atoms with Gasteiger partial charge in [-0.05, 0) is 19.1 Å². The van der Waals surface area contributed by atoms with Crippen molar-refractivity contribution in [1.82, 2.24) is 5.48 Å². The third-order valence-electron chi connectivity index (χ3n) is 2.17. The first-order valence-corrected chi connectivity index (χ1v) is 5.61. The fraction of sp³-hybridized carbons (Fsp3) is 0.364. The van der Waals surface area contributed by atoms with E-state index in [-0.39, 0.29) is 5.91 Å². The highest BCUT2D eigenvalue weighted by Gasteiger charge is 2.19. The summed E-state index contributed by atoms with van der Waals surface area (Å²) in [5, 5.41) is 0.351. The number of hydroxylamine groups is 1. The lowest BCUT2D eigenvalue weighted by molar-refractivity contribution is 0.0364. The molecule has 0 spiro atoms. The van der Waals surface area contributed by atoms with E-state index in [9.17, 15) is 4.79 Å². The molecule has 1 N–H and O–H groups in total. The third kappa shape index (κ3) is 2.62. The van der Waals surface area contributed by atoms with Gasteiger partial charge in [-0.2, -0.15) is 0 Å². The molecule has 2 rings (SSSR count). The fourth-order valence-corrected chi connectivity index (χ4v) is 1.70. The van der Waals surface area contributed by atoms with E-state index in [1.807, 2.05) is 0 Å². The van der Waals surface area contributed by atoms with Gasteiger partial charge in [-0.3, -0.25) is 9.63 Å². The molecule has 0 bridgehead atoms. The van der Waals surface area contributed by atoms with Gasteiger partial charge >= 0.3 is 0 Å². The maximum absolute atomic E-state index is 11.7. The second-order valence-electron chi connectivity index (χ2n) is 3.35. The van der Waals surface area contributed by atoms with Gasteiger partial charge in [-0.15, -0.1) is 0 Å². The highest BCUT2D eigenvalue weighted by atomic mass is 35.5. The van der Waals surface area contributed by atoms with Crippen LogP contribution in [-0.4, -0.2) is 25.7 Å². The molecular weight excluding hydrogens is 246 g/mol. The number of amides is 1. The number of hydrogen-bond donors (Lipinski definition) is 1. The minimum atomic E-state index is -0.370. The molecule has 1 heterocycles. The Kier molecular flexibility index (Phi) is 3.71. The minimum absolute atomic E-state index is 0.351. The first-order valence-electron chi connectivity index (χ1n) is 5.23. The molecule has 17 heavy (non-hydrogen) atoms. The topological polar surface area (TPSA) is 56.8 Å².